The molecule has 34 heavy (non-hydrogen) atoms. The van der Waals surface area contributed by atoms with Crippen LogP contribution >= 0.6 is 0 Å². The van der Waals surface area contributed by atoms with Crippen molar-refractivity contribution >= 4 is 11.9 Å². The molecule has 0 spiro atoms. The lowest BCUT2D eigenvalue weighted by molar-refractivity contribution is -0.138. The molecule has 3 aromatic rings. The van der Waals surface area contributed by atoms with Crippen LogP contribution in [0.5, 0.6) is 0 Å². The van der Waals surface area contributed by atoms with Crippen molar-refractivity contribution in [1.82, 2.24) is 4.90 Å². The van der Waals surface area contributed by atoms with Crippen LogP contribution in [0.3, 0.4) is 0 Å². The number of benzene rings is 3. The van der Waals surface area contributed by atoms with Gasteiger partial charge in [-0.2, -0.15) is 18.3 Å². The van der Waals surface area contributed by atoms with Crippen molar-refractivity contribution in [2.45, 2.75) is 26.2 Å². The minimum absolute atomic E-state index is 0.256. The lowest BCUT2D eigenvalue weighted by Gasteiger charge is -2.29. The number of morpholine rings is 1. The first-order valence-corrected chi connectivity index (χ1v) is 11.4. The summed E-state index contributed by atoms with van der Waals surface area (Å²) in [5.41, 5.74) is 5.57. The van der Waals surface area contributed by atoms with Gasteiger partial charge in [-0.05, 0) is 52.9 Å². The molecule has 0 unspecified atom stereocenters. The molecule has 7 heteroatoms. The molecule has 5 rings (SSSR count). The number of anilines is 1. The molecular formula is C27H26F3N3O. The second-order valence-electron chi connectivity index (χ2n) is 8.76. The number of halogens is 3. The number of hydrogen-bond donors (Lipinski definition) is 0. The van der Waals surface area contributed by atoms with Gasteiger partial charge in [-0.15, -0.1) is 0 Å². The van der Waals surface area contributed by atoms with Crippen molar-refractivity contribution in [3.63, 3.8) is 0 Å². The molecule has 0 N–H and O–H groups in total. The number of hydrogen-bond acceptors (Lipinski definition) is 4. The van der Waals surface area contributed by atoms with Crippen LogP contribution in [0.2, 0.25) is 0 Å². The summed E-state index contributed by atoms with van der Waals surface area (Å²) in [6, 6.07) is 18.9. The van der Waals surface area contributed by atoms with Gasteiger partial charge in [-0.1, -0.05) is 42.5 Å². The van der Waals surface area contributed by atoms with Gasteiger partial charge in [0.15, 0.2) is 0 Å². The van der Waals surface area contributed by atoms with Gasteiger partial charge in [-0.25, -0.2) is 0 Å². The molecule has 0 atom stereocenters. The standard InChI is InChI=1S/C27H26F3N3O/c1-19-4-2-3-5-25(19)20-6-7-21-18-33(31-16-23(21)14-20)24-9-8-22(26(15-24)27(28,29)30)17-32-10-12-34-13-11-32/h2-9,14-16H,10-13,17-18H2,1H3. The Balaban J connectivity index is 1.40. The lowest BCUT2D eigenvalue weighted by atomic mass is 9.96. The Morgan fingerprint density at radius 1 is 0.971 bits per heavy atom. The van der Waals surface area contributed by atoms with E-state index in [1.807, 2.05) is 23.1 Å². The molecule has 2 heterocycles. The number of ether oxygens (including phenoxy) is 1. The Hall–Kier alpha value is -3.16. The normalized spacial score (nSPS) is 16.5. The van der Waals surface area contributed by atoms with E-state index in [9.17, 15) is 13.2 Å². The van der Waals surface area contributed by atoms with Crippen LogP contribution in [0.4, 0.5) is 18.9 Å². The molecule has 1 fully saturated rings. The van der Waals surface area contributed by atoms with E-state index < -0.39 is 11.7 Å². The molecule has 3 aromatic carbocycles. The van der Waals surface area contributed by atoms with Crippen molar-refractivity contribution in [3.8, 4) is 11.1 Å². The first-order chi connectivity index (χ1) is 16.4. The highest BCUT2D eigenvalue weighted by Crippen LogP contribution is 2.36. The van der Waals surface area contributed by atoms with E-state index in [4.69, 9.17) is 4.74 Å². The Morgan fingerprint density at radius 3 is 2.53 bits per heavy atom. The van der Waals surface area contributed by atoms with Crippen LogP contribution < -0.4 is 5.01 Å². The molecule has 1 saturated heterocycles. The summed E-state index contributed by atoms with van der Waals surface area (Å²) in [7, 11) is 0. The van der Waals surface area contributed by atoms with Gasteiger partial charge < -0.3 is 4.74 Å². The topological polar surface area (TPSA) is 28.1 Å². The van der Waals surface area contributed by atoms with E-state index in [2.05, 4.69) is 36.3 Å². The predicted octanol–water partition coefficient (Wildman–Crippen LogP) is 5.87. The molecule has 2 aliphatic heterocycles. The fraction of sp³-hybridized carbons (Fsp3) is 0.296. The van der Waals surface area contributed by atoms with Crippen molar-refractivity contribution in [1.29, 1.82) is 0 Å². The summed E-state index contributed by atoms with van der Waals surface area (Å²) in [4.78, 5) is 2.00. The van der Waals surface area contributed by atoms with Gasteiger partial charge in [0.1, 0.15) is 0 Å². The van der Waals surface area contributed by atoms with Crippen LogP contribution in [0.25, 0.3) is 11.1 Å². The van der Waals surface area contributed by atoms with Crippen LogP contribution in [0.1, 0.15) is 27.8 Å². The van der Waals surface area contributed by atoms with Crippen LogP contribution in [-0.4, -0.2) is 37.4 Å². The van der Waals surface area contributed by atoms with E-state index in [1.54, 1.807) is 23.4 Å². The highest BCUT2D eigenvalue weighted by atomic mass is 19.4. The van der Waals surface area contributed by atoms with E-state index in [1.165, 1.54) is 11.6 Å². The third kappa shape index (κ3) is 4.72. The van der Waals surface area contributed by atoms with E-state index >= 15 is 0 Å². The zero-order chi connectivity index (χ0) is 23.7. The quantitative estimate of drug-likeness (QED) is 0.483. The first-order valence-electron chi connectivity index (χ1n) is 11.4. The molecule has 0 radical (unpaired) electrons. The summed E-state index contributed by atoms with van der Waals surface area (Å²) in [6.07, 6.45) is -2.70. The first kappa shape index (κ1) is 22.6. The smallest absolute Gasteiger partial charge is 0.379 e. The predicted molar refractivity (Wildman–Crippen MR) is 128 cm³/mol. The molecule has 0 saturated carbocycles. The number of aryl methyl sites for hydroxylation is 1. The molecule has 176 valence electrons. The summed E-state index contributed by atoms with van der Waals surface area (Å²) in [6.45, 7) is 5.12. The van der Waals surface area contributed by atoms with Gasteiger partial charge in [0, 0.05) is 25.2 Å². The summed E-state index contributed by atoms with van der Waals surface area (Å²) in [5.74, 6) is 0. The average Bonchev–Trinajstić information content (AvgIpc) is 2.84. The Morgan fingerprint density at radius 2 is 1.76 bits per heavy atom. The van der Waals surface area contributed by atoms with Gasteiger partial charge in [0.05, 0.1) is 37.2 Å². The highest BCUT2D eigenvalue weighted by Gasteiger charge is 2.34. The second kappa shape index (κ2) is 9.24. The average molecular weight is 466 g/mol. The Bertz CT molecular complexity index is 1220. The second-order valence-corrected chi connectivity index (χ2v) is 8.76. The largest absolute Gasteiger partial charge is 0.416 e. The van der Waals surface area contributed by atoms with Crippen molar-refractivity contribution in [3.05, 3.63) is 88.5 Å². The van der Waals surface area contributed by atoms with Crippen molar-refractivity contribution < 1.29 is 17.9 Å². The van der Waals surface area contributed by atoms with Crippen LogP contribution in [0.15, 0.2) is 65.8 Å². The Kier molecular flexibility index (Phi) is 6.15. The fourth-order valence-electron chi connectivity index (χ4n) is 4.54. The van der Waals surface area contributed by atoms with Crippen LogP contribution in [0, 0.1) is 6.92 Å². The van der Waals surface area contributed by atoms with Gasteiger partial charge in [0.25, 0.3) is 0 Å². The SMILES string of the molecule is Cc1ccccc1-c1ccc2c(c1)C=NN(c1ccc(CN3CCOCC3)c(C(F)(F)F)c1)C2. The van der Waals surface area contributed by atoms with Crippen LogP contribution in [-0.2, 0) is 24.0 Å². The maximum Gasteiger partial charge on any atom is 0.416 e. The molecule has 0 aromatic heterocycles. The number of rotatable bonds is 4. The molecule has 4 nitrogen and oxygen atoms in total. The maximum absolute atomic E-state index is 13.9. The van der Waals surface area contributed by atoms with Gasteiger partial charge >= 0.3 is 6.18 Å². The van der Waals surface area contributed by atoms with Crippen molar-refractivity contribution in [2.75, 3.05) is 31.3 Å². The third-order valence-electron chi connectivity index (χ3n) is 6.45. The maximum atomic E-state index is 13.9. The Labute approximate surface area is 197 Å². The fourth-order valence-corrected chi connectivity index (χ4v) is 4.54. The lowest BCUT2D eigenvalue weighted by Crippen LogP contribution is -2.36. The minimum atomic E-state index is -4.43. The number of hydrazone groups is 1. The highest BCUT2D eigenvalue weighted by molar-refractivity contribution is 5.87. The number of fused-ring (bicyclic) bond motifs is 1. The van der Waals surface area contributed by atoms with Gasteiger partial charge in [0.2, 0.25) is 0 Å². The van der Waals surface area contributed by atoms with Crippen molar-refractivity contribution in [2.24, 2.45) is 5.10 Å². The monoisotopic (exact) mass is 465 g/mol. The summed E-state index contributed by atoms with van der Waals surface area (Å²) < 4.78 is 47.1. The van der Waals surface area contributed by atoms with E-state index in [0.717, 1.165) is 22.3 Å². The zero-order valence-corrected chi connectivity index (χ0v) is 19.0. The zero-order valence-electron chi connectivity index (χ0n) is 19.0. The minimum Gasteiger partial charge on any atom is -0.379 e. The van der Waals surface area contributed by atoms with Gasteiger partial charge in [-0.3, -0.25) is 9.91 Å². The molecule has 2 aliphatic rings. The molecular weight excluding hydrogens is 439 g/mol. The van der Waals surface area contributed by atoms with E-state index in [-0.39, 0.29) is 12.1 Å². The molecule has 0 bridgehead atoms. The van der Waals surface area contributed by atoms with E-state index in [0.29, 0.717) is 38.5 Å². The molecule has 0 aliphatic carbocycles. The molecule has 0 amide bonds. The summed E-state index contributed by atoms with van der Waals surface area (Å²) >= 11 is 0. The third-order valence-corrected chi connectivity index (χ3v) is 6.45. The summed E-state index contributed by atoms with van der Waals surface area (Å²) in [5, 5.41) is 6.11. The number of alkyl halides is 3. The number of nitrogens with zero attached hydrogens (tertiary/aromatic N) is 3.